The highest BCUT2D eigenvalue weighted by Gasteiger charge is 2.42. The Kier molecular flexibility index (Phi) is 9.76. The fourth-order valence-corrected chi connectivity index (χ4v) is 4.26. The summed E-state index contributed by atoms with van der Waals surface area (Å²) in [7, 11) is -0.512. The highest BCUT2D eigenvalue weighted by atomic mass is 28.4. The average Bonchev–Trinajstić information content (AvgIpc) is 2.64. The number of hydrogen-bond acceptors (Lipinski definition) is 6. The Morgan fingerprint density at radius 1 is 1.06 bits per heavy atom. The molecule has 0 radical (unpaired) electrons. The molecule has 7 heteroatoms. The lowest BCUT2D eigenvalue weighted by molar-refractivity contribution is -0.155. The molecule has 1 saturated heterocycles. The van der Waals surface area contributed by atoms with Crippen LogP contribution in [0.2, 0.25) is 18.1 Å². The van der Waals surface area contributed by atoms with Gasteiger partial charge in [0.1, 0.15) is 0 Å². The van der Waals surface area contributed by atoms with Crippen LogP contribution in [-0.2, 0) is 28.2 Å². The Morgan fingerprint density at radius 2 is 1.66 bits per heavy atom. The SMILES string of the molecule is COC(=O)/C=C1/C[C@@H](CCOC(=O)C(C)(C)C)O[C@@H](C(C)(C)CO[Si](C)(C)C(C)(C)C)C1. The number of carbonyl (C=O) groups is 2. The zero-order chi connectivity index (χ0) is 25.0. The second-order valence-corrected chi connectivity index (χ2v) is 17.0. The zero-order valence-electron chi connectivity index (χ0n) is 22.2. The van der Waals surface area contributed by atoms with Crippen LogP contribution in [0.3, 0.4) is 0 Å². The predicted molar refractivity (Wildman–Crippen MR) is 130 cm³/mol. The Balaban J connectivity index is 2.92. The van der Waals surface area contributed by atoms with Gasteiger partial charge in [0, 0.05) is 24.5 Å². The summed E-state index contributed by atoms with van der Waals surface area (Å²) < 4.78 is 23.3. The highest BCUT2D eigenvalue weighted by molar-refractivity contribution is 6.74. The third-order valence-corrected chi connectivity index (χ3v) is 11.1. The molecule has 0 aliphatic carbocycles. The van der Waals surface area contributed by atoms with Gasteiger partial charge in [-0.3, -0.25) is 4.79 Å². The van der Waals surface area contributed by atoms with E-state index >= 15 is 0 Å². The summed E-state index contributed by atoms with van der Waals surface area (Å²) in [5.41, 5.74) is 0.223. The summed E-state index contributed by atoms with van der Waals surface area (Å²) in [6.45, 7) is 21.9. The molecule has 186 valence electrons. The van der Waals surface area contributed by atoms with E-state index in [4.69, 9.17) is 18.6 Å². The van der Waals surface area contributed by atoms with Crippen molar-refractivity contribution in [3.8, 4) is 0 Å². The minimum Gasteiger partial charge on any atom is -0.466 e. The van der Waals surface area contributed by atoms with Gasteiger partial charge in [-0.25, -0.2) is 4.79 Å². The maximum Gasteiger partial charge on any atom is 0.330 e. The van der Waals surface area contributed by atoms with Crippen molar-refractivity contribution >= 4 is 20.3 Å². The van der Waals surface area contributed by atoms with Gasteiger partial charge in [0.15, 0.2) is 8.32 Å². The molecular weight excluding hydrogens is 424 g/mol. The molecule has 0 amide bonds. The van der Waals surface area contributed by atoms with E-state index in [9.17, 15) is 9.59 Å². The highest BCUT2D eigenvalue weighted by Crippen LogP contribution is 2.40. The maximum atomic E-state index is 12.1. The van der Waals surface area contributed by atoms with Crippen molar-refractivity contribution in [2.45, 2.75) is 105 Å². The van der Waals surface area contributed by atoms with Crippen molar-refractivity contribution in [1.82, 2.24) is 0 Å². The summed E-state index contributed by atoms with van der Waals surface area (Å²) in [5.74, 6) is -0.577. The second kappa shape index (κ2) is 10.8. The van der Waals surface area contributed by atoms with Crippen LogP contribution in [0, 0.1) is 10.8 Å². The first kappa shape index (κ1) is 28.8. The molecule has 6 nitrogen and oxygen atoms in total. The van der Waals surface area contributed by atoms with Crippen LogP contribution in [0.15, 0.2) is 11.6 Å². The fourth-order valence-electron chi connectivity index (χ4n) is 3.09. The van der Waals surface area contributed by atoms with Gasteiger partial charge in [-0.1, -0.05) is 40.2 Å². The van der Waals surface area contributed by atoms with Crippen molar-refractivity contribution in [2.24, 2.45) is 10.8 Å². The first-order chi connectivity index (χ1) is 14.4. The Bertz CT molecular complexity index is 682. The summed E-state index contributed by atoms with van der Waals surface area (Å²) in [5, 5.41) is 0.131. The number of esters is 2. The van der Waals surface area contributed by atoms with Gasteiger partial charge < -0.3 is 18.6 Å². The summed E-state index contributed by atoms with van der Waals surface area (Å²) in [6.07, 6.45) is 3.19. The van der Waals surface area contributed by atoms with Crippen LogP contribution in [0.4, 0.5) is 0 Å². The van der Waals surface area contributed by atoms with Crippen molar-refractivity contribution in [3.05, 3.63) is 11.6 Å². The Morgan fingerprint density at radius 3 is 2.16 bits per heavy atom. The lowest BCUT2D eigenvalue weighted by atomic mass is 9.80. The van der Waals surface area contributed by atoms with E-state index in [2.05, 4.69) is 47.7 Å². The van der Waals surface area contributed by atoms with Crippen LogP contribution in [0.25, 0.3) is 0 Å². The molecule has 1 rings (SSSR count). The molecule has 1 aliphatic rings. The minimum absolute atomic E-state index is 0.111. The molecule has 1 aliphatic heterocycles. The zero-order valence-corrected chi connectivity index (χ0v) is 23.2. The molecule has 1 heterocycles. The molecule has 0 aromatic heterocycles. The quantitative estimate of drug-likeness (QED) is 0.259. The third-order valence-electron chi connectivity index (χ3n) is 6.59. The predicted octanol–water partition coefficient (Wildman–Crippen LogP) is 5.66. The number of hydrogen-bond donors (Lipinski definition) is 0. The smallest absolute Gasteiger partial charge is 0.330 e. The Hall–Kier alpha value is -1.18. The minimum atomic E-state index is -1.90. The van der Waals surface area contributed by atoms with Crippen LogP contribution < -0.4 is 0 Å². The molecular formula is C25H46O6Si. The largest absolute Gasteiger partial charge is 0.466 e. The second-order valence-electron chi connectivity index (χ2n) is 12.2. The summed E-state index contributed by atoms with van der Waals surface area (Å²) in [6, 6.07) is 0. The van der Waals surface area contributed by atoms with Crippen LogP contribution in [-0.4, -0.2) is 52.8 Å². The number of methoxy groups -OCH3 is 1. The molecule has 0 aromatic carbocycles. The topological polar surface area (TPSA) is 71.1 Å². The molecule has 2 atom stereocenters. The van der Waals surface area contributed by atoms with E-state index in [1.165, 1.54) is 7.11 Å². The molecule has 32 heavy (non-hydrogen) atoms. The van der Waals surface area contributed by atoms with E-state index in [-0.39, 0.29) is 34.6 Å². The molecule has 1 fully saturated rings. The standard InChI is InChI=1S/C25H46O6Si/c1-23(2,3)22(27)29-13-12-19-14-18(16-21(26)28-9)15-20(31-19)25(7,8)17-30-32(10,11)24(4,5)6/h16,19-20H,12-15,17H2,1-11H3/b18-16-/t19-,20-/m1/s1. The fraction of sp³-hybridized carbons (Fsp3) is 0.840. The molecule has 0 bridgehead atoms. The van der Waals surface area contributed by atoms with Crippen molar-refractivity contribution in [1.29, 1.82) is 0 Å². The molecule has 0 saturated carbocycles. The van der Waals surface area contributed by atoms with Gasteiger partial charge in [0.25, 0.3) is 0 Å². The van der Waals surface area contributed by atoms with Gasteiger partial charge >= 0.3 is 11.9 Å². The van der Waals surface area contributed by atoms with E-state index in [1.54, 1.807) is 6.08 Å². The van der Waals surface area contributed by atoms with Crippen LogP contribution >= 0.6 is 0 Å². The van der Waals surface area contributed by atoms with Gasteiger partial charge in [-0.2, -0.15) is 0 Å². The van der Waals surface area contributed by atoms with Crippen LogP contribution in [0.1, 0.15) is 74.7 Å². The van der Waals surface area contributed by atoms with E-state index in [1.807, 2.05) is 20.8 Å². The van der Waals surface area contributed by atoms with E-state index < -0.39 is 13.7 Å². The molecule has 0 spiro atoms. The first-order valence-electron chi connectivity index (χ1n) is 11.6. The van der Waals surface area contributed by atoms with Crippen LogP contribution in [0.5, 0.6) is 0 Å². The first-order valence-corrected chi connectivity index (χ1v) is 14.5. The van der Waals surface area contributed by atoms with Gasteiger partial charge in [-0.05, 0) is 51.7 Å². The molecule has 0 aromatic rings. The van der Waals surface area contributed by atoms with Crippen molar-refractivity contribution in [3.63, 3.8) is 0 Å². The van der Waals surface area contributed by atoms with Gasteiger partial charge in [0.05, 0.1) is 31.3 Å². The molecule has 0 unspecified atom stereocenters. The van der Waals surface area contributed by atoms with Gasteiger partial charge in [-0.15, -0.1) is 0 Å². The molecule has 0 N–H and O–H groups in total. The maximum absolute atomic E-state index is 12.1. The van der Waals surface area contributed by atoms with Crippen molar-refractivity contribution in [2.75, 3.05) is 20.3 Å². The lowest BCUT2D eigenvalue weighted by Crippen LogP contribution is -2.47. The number of rotatable bonds is 8. The normalized spacial score (nSPS) is 22.0. The lowest BCUT2D eigenvalue weighted by Gasteiger charge is -2.44. The average molecular weight is 471 g/mol. The van der Waals surface area contributed by atoms with Gasteiger partial charge in [0.2, 0.25) is 0 Å². The number of carbonyl (C=O) groups excluding carboxylic acids is 2. The third kappa shape index (κ3) is 8.63. The van der Waals surface area contributed by atoms with E-state index in [0.29, 0.717) is 32.5 Å². The van der Waals surface area contributed by atoms with Crippen molar-refractivity contribution < 1.29 is 28.2 Å². The summed E-state index contributed by atoms with van der Waals surface area (Å²) >= 11 is 0. The number of ether oxygens (including phenoxy) is 3. The summed E-state index contributed by atoms with van der Waals surface area (Å²) in [4.78, 5) is 24.0. The Labute approximate surface area is 196 Å². The monoisotopic (exact) mass is 470 g/mol. The van der Waals surface area contributed by atoms with E-state index in [0.717, 1.165) is 5.57 Å².